The molecule has 0 bridgehead atoms. The number of ether oxygens (including phenoxy) is 1. The molecule has 9 nitrogen and oxygen atoms in total. The Kier molecular flexibility index (Phi) is 7.51. The third-order valence-electron chi connectivity index (χ3n) is 4.83. The summed E-state index contributed by atoms with van der Waals surface area (Å²) in [6, 6.07) is 1.72. The molecule has 0 atom stereocenters. The van der Waals surface area contributed by atoms with Gasteiger partial charge in [-0.2, -0.15) is 0 Å². The molecule has 172 valence electrons. The van der Waals surface area contributed by atoms with E-state index in [1.165, 1.54) is 6.20 Å². The summed E-state index contributed by atoms with van der Waals surface area (Å²) in [6.07, 6.45) is 5.22. The molecule has 0 aromatic carbocycles. The summed E-state index contributed by atoms with van der Waals surface area (Å²) in [4.78, 5) is 33.4. The van der Waals surface area contributed by atoms with Crippen molar-refractivity contribution in [3.05, 3.63) is 34.1 Å². The maximum atomic E-state index is 12.6. The van der Waals surface area contributed by atoms with Crippen molar-refractivity contribution in [3.8, 4) is 0 Å². The van der Waals surface area contributed by atoms with Crippen LogP contribution in [-0.2, 0) is 4.74 Å². The van der Waals surface area contributed by atoms with E-state index < -0.39 is 10.5 Å². The quantitative estimate of drug-likeness (QED) is 0.495. The number of hydrogen-bond donors (Lipinski definition) is 0. The minimum Gasteiger partial charge on any atom is -0.443 e. The minimum atomic E-state index is -0.542. The predicted molar refractivity (Wildman–Crippen MR) is 122 cm³/mol. The van der Waals surface area contributed by atoms with E-state index in [9.17, 15) is 14.9 Å². The highest BCUT2D eigenvalue weighted by Crippen LogP contribution is 2.30. The molecule has 1 aliphatic heterocycles. The van der Waals surface area contributed by atoms with Crippen LogP contribution in [0.25, 0.3) is 6.08 Å². The average molecular weight is 434 g/mol. The summed E-state index contributed by atoms with van der Waals surface area (Å²) >= 11 is 0. The monoisotopic (exact) mass is 433 g/mol. The van der Waals surface area contributed by atoms with Crippen LogP contribution in [0.2, 0.25) is 0 Å². The van der Waals surface area contributed by atoms with Crippen LogP contribution < -0.4 is 4.90 Å². The lowest BCUT2D eigenvalue weighted by molar-refractivity contribution is -0.385. The summed E-state index contributed by atoms with van der Waals surface area (Å²) < 4.78 is 5.77. The van der Waals surface area contributed by atoms with Crippen LogP contribution in [0.4, 0.5) is 16.3 Å². The summed E-state index contributed by atoms with van der Waals surface area (Å²) in [5.41, 5.74) is -0.0253. The highest BCUT2D eigenvalue weighted by molar-refractivity contribution is 5.69. The molecule has 1 amide bonds. The van der Waals surface area contributed by atoms with Gasteiger partial charge in [0.05, 0.1) is 10.5 Å². The lowest BCUT2D eigenvalue weighted by Crippen LogP contribution is -2.50. The number of hydrogen-bond acceptors (Lipinski definition) is 7. The van der Waals surface area contributed by atoms with E-state index in [0.717, 1.165) is 6.42 Å². The van der Waals surface area contributed by atoms with E-state index >= 15 is 0 Å². The van der Waals surface area contributed by atoms with Crippen molar-refractivity contribution in [2.45, 2.75) is 46.6 Å². The maximum absolute atomic E-state index is 12.6. The smallest absolute Gasteiger partial charge is 0.410 e. The van der Waals surface area contributed by atoms with Gasteiger partial charge in [-0.15, -0.1) is 0 Å². The molecule has 31 heavy (non-hydrogen) atoms. The van der Waals surface area contributed by atoms with Gasteiger partial charge in [0.25, 0.3) is 5.69 Å². The van der Waals surface area contributed by atoms with Crippen LogP contribution in [0.15, 0.2) is 18.5 Å². The normalized spacial score (nSPS) is 15.3. The van der Waals surface area contributed by atoms with Crippen molar-refractivity contribution in [2.75, 3.05) is 45.2 Å². The lowest BCUT2D eigenvalue weighted by atomic mass is 9.84. The molecule has 2 rings (SSSR count). The third-order valence-corrected chi connectivity index (χ3v) is 4.83. The summed E-state index contributed by atoms with van der Waals surface area (Å²) in [5.74, 6) is 0.657. The van der Waals surface area contributed by atoms with Crippen molar-refractivity contribution >= 4 is 23.7 Å². The number of carbonyl (C=O) groups is 1. The Hall–Kier alpha value is -2.84. The number of pyridine rings is 1. The Morgan fingerprint density at radius 1 is 1.23 bits per heavy atom. The minimum absolute atomic E-state index is 0.0369. The standard InChI is InChI=1S/C22H35N5O4/c1-21(2,3)16-22(4,5)31-20(28)26-12-10-25(11-13-26)19-14-17(8-9-24(6)7)18(15-23-19)27(29)30/h8-9,14-15H,10-13,16H2,1-7H3/b9-8+. The topological polar surface area (TPSA) is 92.0 Å². The number of nitro groups is 1. The molecule has 0 spiro atoms. The highest BCUT2D eigenvalue weighted by Gasteiger charge is 2.32. The molecule has 1 aromatic heterocycles. The van der Waals surface area contributed by atoms with Crippen LogP contribution in [0.3, 0.4) is 0 Å². The molecular formula is C22H35N5O4. The van der Waals surface area contributed by atoms with Crippen LogP contribution >= 0.6 is 0 Å². The van der Waals surface area contributed by atoms with Crippen molar-refractivity contribution in [1.82, 2.24) is 14.8 Å². The van der Waals surface area contributed by atoms with Gasteiger partial charge in [-0.3, -0.25) is 10.1 Å². The highest BCUT2D eigenvalue weighted by atomic mass is 16.6. The van der Waals surface area contributed by atoms with Gasteiger partial charge in [0, 0.05) is 40.3 Å². The molecule has 0 N–H and O–H groups in total. The Balaban J connectivity index is 2.04. The van der Waals surface area contributed by atoms with Gasteiger partial charge >= 0.3 is 6.09 Å². The van der Waals surface area contributed by atoms with Gasteiger partial charge in [-0.25, -0.2) is 9.78 Å². The van der Waals surface area contributed by atoms with E-state index in [-0.39, 0.29) is 17.2 Å². The zero-order valence-corrected chi connectivity index (χ0v) is 19.7. The molecule has 1 aliphatic rings. The molecule has 0 aliphatic carbocycles. The van der Waals surface area contributed by atoms with Crippen LogP contribution in [0.5, 0.6) is 0 Å². The molecule has 0 unspecified atom stereocenters. The molecular weight excluding hydrogens is 398 g/mol. The van der Waals surface area contributed by atoms with Crippen molar-refractivity contribution in [2.24, 2.45) is 5.41 Å². The van der Waals surface area contributed by atoms with Gasteiger partial charge < -0.3 is 19.4 Å². The fourth-order valence-electron chi connectivity index (χ4n) is 3.87. The van der Waals surface area contributed by atoms with Crippen molar-refractivity contribution in [1.29, 1.82) is 0 Å². The first kappa shape index (κ1) is 24.4. The molecule has 9 heteroatoms. The summed E-state index contributed by atoms with van der Waals surface area (Å²) in [7, 11) is 3.71. The first-order chi connectivity index (χ1) is 14.3. The van der Waals surface area contributed by atoms with E-state index in [0.29, 0.717) is 37.6 Å². The molecule has 1 aromatic rings. The average Bonchev–Trinajstić information content (AvgIpc) is 2.63. The number of piperazine rings is 1. The van der Waals surface area contributed by atoms with Crippen molar-refractivity contribution < 1.29 is 14.5 Å². The number of anilines is 1. The number of nitrogens with zero attached hydrogens (tertiary/aromatic N) is 5. The molecule has 0 saturated carbocycles. The van der Waals surface area contributed by atoms with Crippen LogP contribution in [-0.4, -0.2) is 71.7 Å². The van der Waals surface area contributed by atoms with Gasteiger partial charge in [0.1, 0.15) is 17.6 Å². The first-order valence-corrected chi connectivity index (χ1v) is 10.5. The fourth-order valence-corrected chi connectivity index (χ4v) is 3.87. The van der Waals surface area contributed by atoms with Crippen LogP contribution in [0, 0.1) is 15.5 Å². The van der Waals surface area contributed by atoms with E-state index in [2.05, 4.69) is 25.8 Å². The summed E-state index contributed by atoms with van der Waals surface area (Å²) in [5, 5.41) is 11.3. The summed E-state index contributed by atoms with van der Waals surface area (Å²) in [6.45, 7) is 12.4. The number of rotatable bonds is 6. The Labute approximate surface area is 184 Å². The lowest BCUT2D eigenvalue weighted by Gasteiger charge is -2.38. The van der Waals surface area contributed by atoms with Gasteiger partial charge in [-0.1, -0.05) is 20.8 Å². The van der Waals surface area contributed by atoms with E-state index in [4.69, 9.17) is 4.74 Å². The largest absolute Gasteiger partial charge is 0.443 e. The van der Waals surface area contributed by atoms with Gasteiger partial charge in [-0.05, 0) is 44.0 Å². The first-order valence-electron chi connectivity index (χ1n) is 10.5. The fraction of sp³-hybridized carbons (Fsp3) is 0.636. The Morgan fingerprint density at radius 2 is 1.84 bits per heavy atom. The van der Waals surface area contributed by atoms with Gasteiger partial charge in [0.15, 0.2) is 0 Å². The van der Waals surface area contributed by atoms with Crippen LogP contribution in [0.1, 0.15) is 46.6 Å². The SMILES string of the molecule is CN(C)/C=C/c1cc(N2CCN(C(=O)OC(C)(C)CC(C)(C)C)CC2)ncc1[N+](=O)[O-]. The molecule has 1 saturated heterocycles. The number of aromatic nitrogens is 1. The number of carbonyl (C=O) groups excluding carboxylic acids is 1. The number of amides is 1. The second-order valence-electron chi connectivity index (χ2n) is 9.98. The van der Waals surface area contributed by atoms with Gasteiger partial charge in [0.2, 0.25) is 0 Å². The molecule has 1 fully saturated rings. The molecule has 2 heterocycles. The third kappa shape index (κ3) is 7.41. The zero-order valence-electron chi connectivity index (χ0n) is 19.7. The Bertz CT molecular complexity index is 822. The van der Waals surface area contributed by atoms with E-state index in [1.807, 2.05) is 37.7 Å². The molecule has 0 radical (unpaired) electrons. The predicted octanol–water partition coefficient (Wildman–Crippen LogP) is 4.00. The van der Waals surface area contributed by atoms with Crippen molar-refractivity contribution in [3.63, 3.8) is 0 Å². The van der Waals surface area contributed by atoms with E-state index in [1.54, 1.807) is 23.2 Å². The Morgan fingerprint density at radius 3 is 2.35 bits per heavy atom. The second kappa shape index (κ2) is 9.53. The second-order valence-corrected chi connectivity index (χ2v) is 9.98. The zero-order chi connectivity index (χ0) is 23.4. The maximum Gasteiger partial charge on any atom is 0.410 e.